The van der Waals surface area contributed by atoms with E-state index in [1.54, 1.807) is 0 Å². The Morgan fingerprint density at radius 1 is 1.29 bits per heavy atom. The highest BCUT2D eigenvalue weighted by Crippen LogP contribution is 2.25. The lowest BCUT2D eigenvalue weighted by atomic mass is 9.95. The van der Waals surface area contributed by atoms with E-state index >= 15 is 0 Å². The summed E-state index contributed by atoms with van der Waals surface area (Å²) >= 11 is 0. The number of hydrogen-bond acceptors (Lipinski definition) is 3. The molecule has 5 nitrogen and oxygen atoms in total. The number of rotatable bonds is 3. The molecule has 2 N–H and O–H groups in total. The van der Waals surface area contributed by atoms with E-state index in [4.69, 9.17) is 0 Å². The summed E-state index contributed by atoms with van der Waals surface area (Å²) in [5, 5.41) is 10.2. The van der Waals surface area contributed by atoms with E-state index < -0.39 is 0 Å². The van der Waals surface area contributed by atoms with Crippen LogP contribution in [0.1, 0.15) is 30.0 Å². The first-order valence-electron chi connectivity index (χ1n) is 6.12. The molecule has 0 unspecified atom stereocenters. The second-order valence-corrected chi connectivity index (χ2v) is 4.58. The molecule has 1 saturated heterocycles. The van der Waals surface area contributed by atoms with Gasteiger partial charge in [-0.3, -0.25) is 5.10 Å². The Morgan fingerprint density at radius 3 is 2.94 bits per heavy atom. The van der Waals surface area contributed by atoms with E-state index in [2.05, 4.69) is 25.1 Å². The molecule has 90 valence electrons. The standard InChI is InChI=1S/C12H17N5/c1-3-13-4-2-11(1)12-7-14-9-17(12)8-10-5-15-16-6-10/h5-7,9,11,13H,1-4,8H2,(H,15,16). The normalized spacial score (nSPS) is 17.4. The topological polar surface area (TPSA) is 58.5 Å². The SMILES string of the molecule is c1n[nH]cc1Cn1cncc1C1CCNCC1. The second-order valence-electron chi connectivity index (χ2n) is 4.58. The van der Waals surface area contributed by atoms with Gasteiger partial charge in [-0.25, -0.2) is 4.98 Å². The highest BCUT2D eigenvalue weighted by atomic mass is 15.1. The monoisotopic (exact) mass is 231 g/mol. The maximum atomic E-state index is 4.29. The number of aromatic nitrogens is 4. The van der Waals surface area contributed by atoms with Crippen LogP contribution >= 0.6 is 0 Å². The van der Waals surface area contributed by atoms with Gasteiger partial charge in [0.1, 0.15) is 0 Å². The van der Waals surface area contributed by atoms with Gasteiger partial charge in [-0.1, -0.05) is 0 Å². The summed E-state index contributed by atoms with van der Waals surface area (Å²) in [4.78, 5) is 4.29. The molecule has 1 fully saturated rings. The van der Waals surface area contributed by atoms with Crippen molar-refractivity contribution in [3.63, 3.8) is 0 Å². The zero-order valence-electron chi connectivity index (χ0n) is 9.76. The first kappa shape index (κ1) is 10.5. The Balaban J connectivity index is 1.78. The molecule has 0 amide bonds. The molecule has 5 heteroatoms. The Hall–Kier alpha value is -1.62. The van der Waals surface area contributed by atoms with Crippen molar-refractivity contribution in [2.45, 2.75) is 25.3 Å². The van der Waals surface area contributed by atoms with Crippen molar-refractivity contribution >= 4 is 0 Å². The van der Waals surface area contributed by atoms with Crippen LogP contribution in [-0.4, -0.2) is 32.8 Å². The maximum absolute atomic E-state index is 4.29. The van der Waals surface area contributed by atoms with Crippen LogP contribution in [0.3, 0.4) is 0 Å². The number of H-pyrrole nitrogens is 1. The molecular formula is C12H17N5. The average molecular weight is 231 g/mol. The molecule has 0 bridgehead atoms. The zero-order valence-corrected chi connectivity index (χ0v) is 9.76. The summed E-state index contributed by atoms with van der Waals surface area (Å²) in [6.45, 7) is 3.08. The minimum atomic E-state index is 0.644. The Bertz CT molecular complexity index is 453. The van der Waals surface area contributed by atoms with E-state index in [-0.39, 0.29) is 0 Å². The van der Waals surface area contributed by atoms with Crippen LogP contribution in [0.2, 0.25) is 0 Å². The van der Waals surface area contributed by atoms with Crippen molar-refractivity contribution in [2.24, 2.45) is 0 Å². The lowest BCUT2D eigenvalue weighted by Crippen LogP contribution is -2.27. The molecule has 0 atom stereocenters. The van der Waals surface area contributed by atoms with Gasteiger partial charge in [0.25, 0.3) is 0 Å². The Morgan fingerprint density at radius 2 is 2.18 bits per heavy atom. The molecule has 2 aromatic rings. The second kappa shape index (κ2) is 4.71. The first-order chi connectivity index (χ1) is 8.43. The van der Waals surface area contributed by atoms with E-state index in [1.807, 2.05) is 24.9 Å². The fraction of sp³-hybridized carbons (Fsp3) is 0.500. The summed E-state index contributed by atoms with van der Waals surface area (Å²) in [6, 6.07) is 0. The Kier molecular flexibility index (Phi) is 2.92. The summed E-state index contributed by atoms with van der Waals surface area (Å²) < 4.78 is 2.24. The van der Waals surface area contributed by atoms with Crippen molar-refractivity contribution in [3.8, 4) is 0 Å². The molecule has 1 aliphatic rings. The van der Waals surface area contributed by atoms with Crippen LogP contribution in [0.4, 0.5) is 0 Å². The van der Waals surface area contributed by atoms with Crippen molar-refractivity contribution in [1.29, 1.82) is 0 Å². The fourth-order valence-electron chi connectivity index (χ4n) is 2.48. The molecular weight excluding hydrogens is 214 g/mol. The third-order valence-corrected chi connectivity index (χ3v) is 3.41. The number of imidazole rings is 1. The summed E-state index contributed by atoms with van der Waals surface area (Å²) in [7, 11) is 0. The minimum absolute atomic E-state index is 0.644. The van der Waals surface area contributed by atoms with Gasteiger partial charge < -0.3 is 9.88 Å². The average Bonchev–Trinajstić information content (AvgIpc) is 3.02. The van der Waals surface area contributed by atoms with Gasteiger partial charge in [-0.2, -0.15) is 5.10 Å². The van der Waals surface area contributed by atoms with Gasteiger partial charge in [0, 0.05) is 29.6 Å². The molecule has 3 heterocycles. The largest absolute Gasteiger partial charge is 0.330 e. The van der Waals surface area contributed by atoms with E-state index in [0.29, 0.717) is 5.92 Å². The molecule has 1 aliphatic heterocycles. The van der Waals surface area contributed by atoms with Crippen LogP contribution in [-0.2, 0) is 6.54 Å². The molecule has 0 aromatic carbocycles. The van der Waals surface area contributed by atoms with Gasteiger partial charge >= 0.3 is 0 Å². The van der Waals surface area contributed by atoms with Crippen LogP contribution in [0.25, 0.3) is 0 Å². The van der Waals surface area contributed by atoms with Crippen molar-refractivity contribution in [3.05, 3.63) is 36.2 Å². The van der Waals surface area contributed by atoms with Gasteiger partial charge in [-0.05, 0) is 25.9 Å². The number of aromatic amines is 1. The van der Waals surface area contributed by atoms with Crippen LogP contribution in [0.15, 0.2) is 24.9 Å². The molecule has 0 spiro atoms. The highest BCUT2D eigenvalue weighted by Gasteiger charge is 2.18. The number of nitrogens with zero attached hydrogens (tertiary/aromatic N) is 3. The van der Waals surface area contributed by atoms with Gasteiger partial charge in [0.15, 0.2) is 0 Å². The van der Waals surface area contributed by atoms with Crippen molar-refractivity contribution in [2.75, 3.05) is 13.1 Å². The zero-order chi connectivity index (χ0) is 11.5. The number of nitrogens with one attached hydrogen (secondary N) is 2. The summed E-state index contributed by atoms with van der Waals surface area (Å²) in [6.07, 6.45) is 10.1. The quantitative estimate of drug-likeness (QED) is 0.832. The molecule has 17 heavy (non-hydrogen) atoms. The predicted molar refractivity (Wildman–Crippen MR) is 64.8 cm³/mol. The lowest BCUT2D eigenvalue weighted by Gasteiger charge is -2.23. The van der Waals surface area contributed by atoms with Crippen LogP contribution in [0, 0.1) is 0 Å². The summed E-state index contributed by atoms with van der Waals surface area (Å²) in [5.74, 6) is 0.644. The lowest BCUT2D eigenvalue weighted by molar-refractivity contribution is 0.442. The van der Waals surface area contributed by atoms with E-state index in [0.717, 1.165) is 19.6 Å². The Labute approximate surface area is 100 Å². The van der Waals surface area contributed by atoms with Crippen LogP contribution < -0.4 is 5.32 Å². The van der Waals surface area contributed by atoms with E-state index in [9.17, 15) is 0 Å². The van der Waals surface area contributed by atoms with Gasteiger partial charge in [-0.15, -0.1) is 0 Å². The fourth-order valence-corrected chi connectivity index (χ4v) is 2.48. The van der Waals surface area contributed by atoms with Gasteiger partial charge in [0.05, 0.1) is 19.1 Å². The van der Waals surface area contributed by atoms with Crippen LogP contribution in [0.5, 0.6) is 0 Å². The molecule has 0 radical (unpaired) electrons. The predicted octanol–water partition coefficient (Wildman–Crippen LogP) is 1.12. The maximum Gasteiger partial charge on any atom is 0.0951 e. The number of hydrogen-bond donors (Lipinski definition) is 2. The number of piperidine rings is 1. The van der Waals surface area contributed by atoms with Crippen molar-refractivity contribution in [1.82, 2.24) is 25.1 Å². The highest BCUT2D eigenvalue weighted by molar-refractivity contribution is 5.12. The molecule has 0 saturated carbocycles. The van der Waals surface area contributed by atoms with E-state index in [1.165, 1.54) is 24.1 Å². The molecule has 0 aliphatic carbocycles. The van der Waals surface area contributed by atoms with Gasteiger partial charge in [0.2, 0.25) is 0 Å². The smallest absolute Gasteiger partial charge is 0.0951 e. The van der Waals surface area contributed by atoms with Crippen molar-refractivity contribution < 1.29 is 0 Å². The first-order valence-corrected chi connectivity index (χ1v) is 6.12. The molecule has 3 rings (SSSR count). The summed E-state index contributed by atoms with van der Waals surface area (Å²) in [5.41, 5.74) is 2.55. The third kappa shape index (κ3) is 2.24. The minimum Gasteiger partial charge on any atom is -0.330 e. The molecule has 2 aromatic heterocycles. The third-order valence-electron chi connectivity index (χ3n) is 3.41.